The first kappa shape index (κ1) is 11.5. The number of aromatic amines is 1. The monoisotopic (exact) mass is 256 g/mol. The van der Waals surface area contributed by atoms with Crippen LogP contribution in [0.4, 0.5) is 0 Å². The SMILES string of the molecule is COc1ccc(OCc2c[n+]3cccnc3[nH]2)cc1. The molecule has 0 amide bonds. The van der Waals surface area contributed by atoms with Gasteiger partial charge in [0.15, 0.2) is 0 Å². The molecule has 0 aliphatic carbocycles. The van der Waals surface area contributed by atoms with Crippen LogP contribution in [0, 0.1) is 0 Å². The number of H-pyrrole nitrogens is 1. The van der Waals surface area contributed by atoms with E-state index in [-0.39, 0.29) is 0 Å². The van der Waals surface area contributed by atoms with Gasteiger partial charge < -0.3 is 9.47 Å². The number of imidazole rings is 1. The second kappa shape index (κ2) is 4.97. The molecular formula is C14H14N3O2+. The van der Waals surface area contributed by atoms with E-state index in [1.165, 1.54) is 0 Å². The van der Waals surface area contributed by atoms with Crippen LogP contribution in [0.15, 0.2) is 48.9 Å². The molecule has 0 atom stereocenters. The third-order valence-corrected chi connectivity index (χ3v) is 2.80. The average Bonchev–Trinajstić information content (AvgIpc) is 2.88. The van der Waals surface area contributed by atoms with Gasteiger partial charge in [-0.05, 0) is 24.3 Å². The number of aromatic nitrogens is 3. The largest absolute Gasteiger partial charge is 0.497 e. The minimum absolute atomic E-state index is 0.468. The van der Waals surface area contributed by atoms with Crippen LogP contribution in [-0.2, 0) is 6.61 Å². The Morgan fingerprint density at radius 2 is 2.00 bits per heavy atom. The maximum atomic E-state index is 5.69. The van der Waals surface area contributed by atoms with Crippen LogP contribution in [0.25, 0.3) is 5.78 Å². The van der Waals surface area contributed by atoms with E-state index in [9.17, 15) is 0 Å². The Bertz CT molecular complexity index is 643. The van der Waals surface area contributed by atoms with Crippen molar-refractivity contribution >= 4 is 5.78 Å². The number of nitrogens with zero attached hydrogens (tertiary/aromatic N) is 2. The van der Waals surface area contributed by atoms with Crippen molar-refractivity contribution in [2.75, 3.05) is 7.11 Å². The van der Waals surface area contributed by atoms with Gasteiger partial charge in [-0.15, -0.1) is 0 Å². The molecular weight excluding hydrogens is 242 g/mol. The summed E-state index contributed by atoms with van der Waals surface area (Å²) >= 11 is 0. The number of ether oxygens (including phenoxy) is 2. The summed E-state index contributed by atoms with van der Waals surface area (Å²) in [6, 6.07) is 9.39. The predicted octanol–water partition coefficient (Wildman–Crippen LogP) is 1.74. The Hall–Kier alpha value is -2.56. The van der Waals surface area contributed by atoms with Gasteiger partial charge in [0.05, 0.1) is 13.3 Å². The van der Waals surface area contributed by atoms with Crippen LogP contribution in [0.2, 0.25) is 0 Å². The lowest BCUT2D eigenvalue weighted by Gasteiger charge is -2.04. The number of hydrogen-bond donors (Lipinski definition) is 1. The molecule has 0 saturated carbocycles. The van der Waals surface area contributed by atoms with E-state index in [0.717, 1.165) is 23.0 Å². The number of fused-ring (bicyclic) bond motifs is 1. The summed E-state index contributed by atoms with van der Waals surface area (Å²) < 4.78 is 12.7. The number of nitrogens with one attached hydrogen (secondary N) is 1. The average molecular weight is 256 g/mol. The molecule has 3 rings (SSSR count). The summed E-state index contributed by atoms with van der Waals surface area (Å²) in [6.07, 6.45) is 5.65. The predicted molar refractivity (Wildman–Crippen MR) is 69.1 cm³/mol. The molecule has 0 bridgehead atoms. The van der Waals surface area contributed by atoms with Crippen molar-refractivity contribution in [2.24, 2.45) is 0 Å². The van der Waals surface area contributed by atoms with E-state index in [1.807, 2.05) is 47.1 Å². The van der Waals surface area contributed by atoms with Crippen molar-refractivity contribution in [3.8, 4) is 11.5 Å². The third kappa shape index (κ3) is 2.49. The molecule has 0 radical (unpaired) electrons. The summed E-state index contributed by atoms with van der Waals surface area (Å²) in [4.78, 5) is 7.41. The summed E-state index contributed by atoms with van der Waals surface area (Å²) in [7, 11) is 1.64. The number of rotatable bonds is 4. The molecule has 5 nitrogen and oxygen atoms in total. The molecule has 1 aromatic carbocycles. The highest BCUT2D eigenvalue weighted by Gasteiger charge is 2.08. The molecule has 0 unspecified atom stereocenters. The minimum Gasteiger partial charge on any atom is -0.497 e. The highest BCUT2D eigenvalue weighted by atomic mass is 16.5. The molecule has 1 N–H and O–H groups in total. The summed E-state index contributed by atoms with van der Waals surface area (Å²) in [5.74, 6) is 2.42. The van der Waals surface area contributed by atoms with Crippen molar-refractivity contribution in [3.05, 3.63) is 54.6 Å². The molecule has 0 fully saturated rings. The van der Waals surface area contributed by atoms with Crippen molar-refractivity contribution in [2.45, 2.75) is 6.61 Å². The maximum absolute atomic E-state index is 5.69. The number of methoxy groups -OCH3 is 1. The number of hydrogen-bond acceptors (Lipinski definition) is 3. The van der Waals surface area contributed by atoms with Crippen molar-refractivity contribution < 1.29 is 13.9 Å². The van der Waals surface area contributed by atoms with Gasteiger partial charge in [-0.25, -0.2) is 9.38 Å². The van der Waals surface area contributed by atoms with Crippen molar-refractivity contribution in [3.63, 3.8) is 0 Å². The lowest BCUT2D eigenvalue weighted by atomic mass is 10.3. The Kier molecular flexibility index (Phi) is 3.02. The molecule has 0 saturated heterocycles. The van der Waals surface area contributed by atoms with Crippen LogP contribution in [0.1, 0.15) is 5.69 Å². The van der Waals surface area contributed by atoms with Gasteiger partial charge in [-0.3, -0.25) is 0 Å². The first-order valence-electron chi connectivity index (χ1n) is 5.96. The highest BCUT2D eigenvalue weighted by Crippen LogP contribution is 2.17. The first-order valence-corrected chi connectivity index (χ1v) is 5.96. The highest BCUT2D eigenvalue weighted by molar-refractivity contribution is 5.31. The molecule has 3 aromatic rings. The maximum Gasteiger partial charge on any atom is 0.401 e. The molecule has 0 spiro atoms. The smallest absolute Gasteiger partial charge is 0.401 e. The fourth-order valence-corrected chi connectivity index (χ4v) is 1.83. The number of benzene rings is 1. The van der Waals surface area contributed by atoms with Crippen molar-refractivity contribution in [1.29, 1.82) is 0 Å². The molecule has 2 heterocycles. The zero-order valence-corrected chi connectivity index (χ0v) is 10.5. The molecule has 5 heteroatoms. The van der Waals surface area contributed by atoms with Gasteiger partial charge >= 0.3 is 5.78 Å². The zero-order valence-electron chi connectivity index (χ0n) is 10.5. The Morgan fingerprint density at radius 1 is 1.21 bits per heavy atom. The zero-order chi connectivity index (χ0) is 13.1. The van der Waals surface area contributed by atoms with Crippen LogP contribution < -0.4 is 13.9 Å². The van der Waals surface area contributed by atoms with E-state index in [0.29, 0.717) is 6.61 Å². The second-order valence-corrected chi connectivity index (χ2v) is 4.09. The third-order valence-electron chi connectivity index (χ3n) is 2.80. The van der Waals surface area contributed by atoms with Gasteiger partial charge in [0.2, 0.25) is 0 Å². The molecule has 19 heavy (non-hydrogen) atoms. The van der Waals surface area contributed by atoms with E-state index >= 15 is 0 Å². The van der Waals surface area contributed by atoms with Crippen LogP contribution in [-0.4, -0.2) is 17.1 Å². The van der Waals surface area contributed by atoms with Gasteiger partial charge in [-0.2, -0.15) is 0 Å². The van der Waals surface area contributed by atoms with Gasteiger partial charge in [0.25, 0.3) is 0 Å². The topological polar surface area (TPSA) is 51.2 Å². The summed E-state index contributed by atoms with van der Waals surface area (Å²) in [6.45, 7) is 0.468. The van der Waals surface area contributed by atoms with Crippen LogP contribution in [0.5, 0.6) is 11.5 Å². The van der Waals surface area contributed by atoms with E-state index in [2.05, 4.69) is 9.97 Å². The molecule has 96 valence electrons. The quantitative estimate of drug-likeness (QED) is 0.723. The molecule has 0 aliphatic rings. The van der Waals surface area contributed by atoms with Crippen LogP contribution >= 0.6 is 0 Å². The van der Waals surface area contributed by atoms with Crippen LogP contribution in [0.3, 0.4) is 0 Å². The first-order chi connectivity index (χ1) is 9.35. The van der Waals surface area contributed by atoms with Crippen molar-refractivity contribution in [1.82, 2.24) is 9.97 Å². The molecule has 0 aliphatic heterocycles. The minimum atomic E-state index is 0.468. The van der Waals surface area contributed by atoms with E-state index in [4.69, 9.17) is 9.47 Å². The lowest BCUT2D eigenvalue weighted by Crippen LogP contribution is -2.17. The Morgan fingerprint density at radius 3 is 2.74 bits per heavy atom. The second-order valence-electron chi connectivity index (χ2n) is 4.09. The summed E-state index contributed by atoms with van der Waals surface area (Å²) in [5.41, 5.74) is 0.967. The standard InChI is InChI=1S/C14H13N3O2/c1-18-12-3-5-13(6-4-12)19-10-11-9-17-8-2-7-15-14(17)16-11/h2-9H,10H2,1H3/p+1. The van der Waals surface area contributed by atoms with Gasteiger partial charge in [-0.1, -0.05) is 4.98 Å². The molecule has 2 aromatic heterocycles. The van der Waals surface area contributed by atoms with E-state index in [1.54, 1.807) is 13.3 Å². The van der Waals surface area contributed by atoms with Gasteiger partial charge in [0, 0.05) is 6.07 Å². The van der Waals surface area contributed by atoms with Gasteiger partial charge in [0.1, 0.15) is 36.2 Å². The Labute approximate surface area is 110 Å². The normalized spacial score (nSPS) is 10.6. The summed E-state index contributed by atoms with van der Waals surface area (Å²) in [5, 5.41) is 0. The van der Waals surface area contributed by atoms with E-state index < -0.39 is 0 Å². The fourth-order valence-electron chi connectivity index (χ4n) is 1.83. The lowest BCUT2D eigenvalue weighted by molar-refractivity contribution is -0.513. The fraction of sp³-hybridized carbons (Fsp3) is 0.143. The Balaban J connectivity index is 1.70.